The molecule has 0 amide bonds. The van der Waals surface area contributed by atoms with Crippen LogP contribution in [0.25, 0.3) is 10.9 Å². The van der Waals surface area contributed by atoms with Gasteiger partial charge in [-0.2, -0.15) is 4.31 Å². The van der Waals surface area contributed by atoms with E-state index in [1.54, 1.807) is 12.1 Å². The molecule has 6 heteroatoms. The van der Waals surface area contributed by atoms with E-state index >= 15 is 0 Å². The highest BCUT2D eigenvalue weighted by atomic mass is 32.2. The van der Waals surface area contributed by atoms with Crippen LogP contribution in [0.2, 0.25) is 0 Å². The fraction of sp³-hybridized carbons (Fsp3) is 0.263. The van der Waals surface area contributed by atoms with Crippen LogP contribution < -0.4 is 0 Å². The lowest BCUT2D eigenvalue weighted by Gasteiger charge is -2.27. The van der Waals surface area contributed by atoms with Crippen LogP contribution in [0, 0.1) is 19.7 Å². The number of aryl methyl sites for hydroxylation is 2. The third kappa shape index (κ3) is 2.65. The fourth-order valence-corrected chi connectivity index (χ4v) is 5.24. The van der Waals surface area contributed by atoms with Crippen LogP contribution in [-0.4, -0.2) is 24.3 Å². The summed E-state index contributed by atoms with van der Waals surface area (Å²) in [5.41, 5.74) is 4.50. The van der Waals surface area contributed by atoms with Crippen molar-refractivity contribution in [3.05, 3.63) is 64.6 Å². The minimum Gasteiger partial charge on any atom is -0.357 e. The van der Waals surface area contributed by atoms with Gasteiger partial charge in [-0.3, -0.25) is 0 Å². The number of fused-ring (bicyclic) bond motifs is 3. The first kappa shape index (κ1) is 16.3. The normalized spacial score (nSPS) is 15.5. The van der Waals surface area contributed by atoms with Crippen molar-refractivity contribution in [2.45, 2.75) is 31.7 Å². The number of aromatic amines is 1. The molecule has 0 spiro atoms. The average molecular weight is 358 g/mol. The lowest BCUT2D eigenvalue weighted by atomic mass is 10.0. The van der Waals surface area contributed by atoms with Gasteiger partial charge in [0, 0.05) is 23.1 Å². The van der Waals surface area contributed by atoms with Crippen LogP contribution >= 0.6 is 0 Å². The molecule has 2 aromatic carbocycles. The monoisotopic (exact) mass is 358 g/mol. The van der Waals surface area contributed by atoms with Crippen LogP contribution in [0.3, 0.4) is 0 Å². The molecule has 0 fully saturated rings. The summed E-state index contributed by atoms with van der Waals surface area (Å²) in [7, 11) is -3.56. The molecular formula is C19H19FN2O2S. The Morgan fingerprint density at radius 2 is 1.92 bits per heavy atom. The van der Waals surface area contributed by atoms with Crippen LogP contribution in [-0.2, 0) is 23.0 Å². The molecule has 4 rings (SSSR count). The van der Waals surface area contributed by atoms with Crippen molar-refractivity contribution in [1.82, 2.24) is 9.29 Å². The maximum Gasteiger partial charge on any atom is 0.243 e. The number of benzene rings is 2. The second-order valence-corrected chi connectivity index (χ2v) is 8.54. The van der Waals surface area contributed by atoms with Crippen molar-refractivity contribution >= 4 is 20.9 Å². The van der Waals surface area contributed by atoms with Gasteiger partial charge in [0.1, 0.15) is 5.82 Å². The molecule has 0 bridgehead atoms. The van der Waals surface area contributed by atoms with Crippen molar-refractivity contribution < 1.29 is 12.8 Å². The van der Waals surface area contributed by atoms with Crippen molar-refractivity contribution in [1.29, 1.82) is 0 Å². The molecule has 0 radical (unpaired) electrons. The number of H-pyrrole nitrogens is 1. The van der Waals surface area contributed by atoms with E-state index in [0.29, 0.717) is 17.9 Å². The molecule has 1 aromatic heterocycles. The number of hydrogen-bond donors (Lipinski definition) is 1. The Morgan fingerprint density at radius 3 is 2.68 bits per heavy atom. The van der Waals surface area contributed by atoms with E-state index in [2.05, 4.69) is 4.98 Å². The Bertz CT molecular complexity index is 1090. The summed E-state index contributed by atoms with van der Waals surface area (Å²) in [6, 6.07) is 10.0. The van der Waals surface area contributed by atoms with Crippen molar-refractivity contribution in [2.24, 2.45) is 0 Å². The van der Waals surface area contributed by atoms with Gasteiger partial charge >= 0.3 is 0 Å². The summed E-state index contributed by atoms with van der Waals surface area (Å²) >= 11 is 0. The van der Waals surface area contributed by atoms with E-state index < -0.39 is 10.0 Å². The van der Waals surface area contributed by atoms with Gasteiger partial charge in [0.05, 0.1) is 11.4 Å². The smallest absolute Gasteiger partial charge is 0.243 e. The summed E-state index contributed by atoms with van der Waals surface area (Å²) in [5, 5.41) is 0.846. The standard InChI is InChI=1S/C19H19FN2O2S/c1-12-3-6-19(13(2)9-12)25(23,24)22-8-7-15-16-10-14(20)4-5-17(16)21-18(15)11-22/h3-6,9-10,21H,7-8,11H2,1-2H3. The van der Waals surface area contributed by atoms with E-state index in [4.69, 9.17) is 0 Å². The predicted octanol–water partition coefficient (Wildman–Crippen LogP) is 3.67. The van der Waals surface area contributed by atoms with Crippen LogP contribution in [0.5, 0.6) is 0 Å². The first-order valence-electron chi connectivity index (χ1n) is 8.22. The van der Waals surface area contributed by atoms with E-state index in [9.17, 15) is 12.8 Å². The Morgan fingerprint density at radius 1 is 1.12 bits per heavy atom. The van der Waals surface area contributed by atoms with Gasteiger partial charge in [-0.1, -0.05) is 17.7 Å². The molecule has 0 atom stereocenters. The summed E-state index contributed by atoms with van der Waals surface area (Å²) in [5.74, 6) is -0.278. The molecule has 3 aromatic rings. The molecule has 0 saturated heterocycles. The van der Waals surface area contributed by atoms with E-state index in [1.807, 2.05) is 26.0 Å². The summed E-state index contributed by atoms with van der Waals surface area (Å²) < 4.78 is 41.1. The summed E-state index contributed by atoms with van der Waals surface area (Å²) in [6.07, 6.45) is 0.572. The molecule has 130 valence electrons. The van der Waals surface area contributed by atoms with Gasteiger partial charge in [-0.15, -0.1) is 0 Å². The first-order chi connectivity index (χ1) is 11.9. The first-order valence-corrected chi connectivity index (χ1v) is 9.66. The van der Waals surface area contributed by atoms with Crippen molar-refractivity contribution in [2.75, 3.05) is 6.54 Å². The lowest BCUT2D eigenvalue weighted by Crippen LogP contribution is -2.36. The van der Waals surface area contributed by atoms with Crippen LogP contribution in [0.1, 0.15) is 22.4 Å². The van der Waals surface area contributed by atoms with E-state index in [-0.39, 0.29) is 12.4 Å². The van der Waals surface area contributed by atoms with Crippen LogP contribution in [0.4, 0.5) is 4.39 Å². The van der Waals surface area contributed by atoms with Gasteiger partial charge in [0.25, 0.3) is 0 Å². The SMILES string of the molecule is Cc1ccc(S(=O)(=O)N2CCc3c([nH]c4ccc(F)cc34)C2)c(C)c1. The van der Waals surface area contributed by atoms with E-state index in [0.717, 1.165) is 33.3 Å². The van der Waals surface area contributed by atoms with E-state index in [1.165, 1.54) is 16.4 Å². The Kier molecular flexibility index (Phi) is 3.70. The number of hydrogen-bond acceptors (Lipinski definition) is 2. The zero-order valence-electron chi connectivity index (χ0n) is 14.1. The molecule has 1 aliphatic rings. The number of aromatic nitrogens is 1. The van der Waals surface area contributed by atoms with Gasteiger partial charge in [0.2, 0.25) is 10.0 Å². The number of sulfonamides is 1. The minimum atomic E-state index is -3.56. The molecule has 1 aliphatic heterocycles. The number of nitrogens with one attached hydrogen (secondary N) is 1. The Labute approximate surface area is 146 Å². The molecule has 4 nitrogen and oxygen atoms in total. The Hall–Kier alpha value is -2.18. The van der Waals surface area contributed by atoms with Gasteiger partial charge in [-0.25, -0.2) is 12.8 Å². The number of rotatable bonds is 2. The topological polar surface area (TPSA) is 53.2 Å². The highest BCUT2D eigenvalue weighted by Gasteiger charge is 2.31. The molecule has 25 heavy (non-hydrogen) atoms. The molecule has 1 N–H and O–H groups in total. The maximum absolute atomic E-state index is 13.5. The van der Waals surface area contributed by atoms with Crippen molar-refractivity contribution in [3.63, 3.8) is 0 Å². The average Bonchev–Trinajstić information content (AvgIpc) is 2.91. The maximum atomic E-state index is 13.5. The van der Waals surface area contributed by atoms with Gasteiger partial charge in [0.15, 0.2) is 0 Å². The highest BCUT2D eigenvalue weighted by molar-refractivity contribution is 7.89. The molecule has 0 unspecified atom stereocenters. The number of halogens is 1. The van der Waals surface area contributed by atoms with Crippen molar-refractivity contribution in [3.8, 4) is 0 Å². The molecular weight excluding hydrogens is 339 g/mol. The largest absolute Gasteiger partial charge is 0.357 e. The predicted molar refractivity (Wildman–Crippen MR) is 95.5 cm³/mol. The highest BCUT2D eigenvalue weighted by Crippen LogP contribution is 2.31. The van der Waals surface area contributed by atoms with Gasteiger partial charge < -0.3 is 4.98 Å². The summed E-state index contributed by atoms with van der Waals surface area (Å²) in [6.45, 7) is 4.44. The second kappa shape index (κ2) is 5.68. The van der Waals surface area contributed by atoms with Crippen LogP contribution in [0.15, 0.2) is 41.3 Å². The minimum absolute atomic E-state index is 0.278. The zero-order chi connectivity index (χ0) is 17.8. The van der Waals surface area contributed by atoms with Gasteiger partial charge in [-0.05, 0) is 55.7 Å². The number of nitrogens with zero attached hydrogens (tertiary/aromatic N) is 1. The third-order valence-electron chi connectivity index (χ3n) is 4.85. The lowest BCUT2D eigenvalue weighted by molar-refractivity contribution is 0.388. The fourth-order valence-electron chi connectivity index (χ4n) is 3.62. The molecule has 0 saturated carbocycles. The molecule has 0 aliphatic carbocycles. The zero-order valence-corrected chi connectivity index (χ0v) is 15.0. The third-order valence-corrected chi connectivity index (χ3v) is 6.86. The quantitative estimate of drug-likeness (QED) is 0.760. The second-order valence-electron chi connectivity index (χ2n) is 6.63. The molecule has 2 heterocycles. The summed E-state index contributed by atoms with van der Waals surface area (Å²) in [4.78, 5) is 3.60. The Balaban J connectivity index is 1.73.